The van der Waals surface area contributed by atoms with Crippen molar-refractivity contribution >= 4 is 60.5 Å². The first-order valence-electron chi connectivity index (χ1n) is 15.7. The van der Waals surface area contributed by atoms with Gasteiger partial charge in [-0.1, -0.05) is 127 Å². The fourth-order valence-corrected chi connectivity index (χ4v) is 6.81. The van der Waals surface area contributed by atoms with Crippen LogP contribution in [0, 0.1) is 0 Å². The van der Waals surface area contributed by atoms with Gasteiger partial charge in [0.1, 0.15) is 11.2 Å². The zero-order valence-electron chi connectivity index (χ0n) is 25.1. The zero-order valence-corrected chi connectivity index (χ0v) is 25.1. The second-order valence-corrected chi connectivity index (χ2v) is 11.8. The third kappa shape index (κ3) is 4.43. The molecule has 216 valence electrons. The van der Waals surface area contributed by atoms with Crippen molar-refractivity contribution in [3.05, 3.63) is 176 Å². The lowest BCUT2D eigenvalue weighted by Gasteiger charge is -2.28. The van der Waals surface area contributed by atoms with Crippen LogP contribution in [-0.4, -0.2) is 0 Å². The highest BCUT2D eigenvalue weighted by atomic mass is 16.3. The average molecular weight is 588 g/mol. The lowest BCUT2D eigenvalue weighted by Crippen LogP contribution is -2.11. The molecule has 0 radical (unpaired) electrons. The van der Waals surface area contributed by atoms with Crippen LogP contribution in [0.15, 0.2) is 180 Å². The highest BCUT2D eigenvalue weighted by Crippen LogP contribution is 2.43. The molecule has 0 saturated carbocycles. The van der Waals surface area contributed by atoms with E-state index in [2.05, 4.69) is 169 Å². The zero-order chi connectivity index (χ0) is 30.5. The number of benzene rings is 8. The fraction of sp³-hybridized carbons (Fsp3) is 0. The van der Waals surface area contributed by atoms with Gasteiger partial charge in [-0.05, 0) is 86.8 Å². The SMILES string of the molecule is c1ccc(-c2ccccc2N(c2ccc(-c3cccc4cc5c(cc34)oc3ccccc35)cc2)c2ccc3ccccc3c2)cc1. The molecule has 1 heterocycles. The normalized spacial score (nSPS) is 11.5. The van der Waals surface area contributed by atoms with Crippen LogP contribution in [0.5, 0.6) is 0 Å². The first-order chi connectivity index (χ1) is 22.8. The van der Waals surface area contributed by atoms with E-state index in [1.165, 1.54) is 43.8 Å². The number of hydrogen-bond acceptors (Lipinski definition) is 2. The topological polar surface area (TPSA) is 16.4 Å². The Kier molecular flexibility index (Phi) is 6.17. The summed E-state index contributed by atoms with van der Waals surface area (Å²) < 4.78 is 6.27. The van der Waals surface area contributed by atoms with E-state index in [9.17, 15) is 0 Å². The van der Waals surface area contributed by atoms with Crippen LogP contribution in [0.2, 0.25) is 0 Å². The Morgan fingerprint density at radius 2 is 1.02 bits per heavy atom. The lowest BCUT2D eigenvalue weighted by molar-refractivity contribution is 0.669. The maximum absolute atomic E-state index is 6.27. The van der Waals surface area contributed by atoms with E-state index < -0.39 is 0 Å². The molecule has 0 amide bonds. The van der Waals surface area contributed by atoms with E-state index >= 15 is 0 Å². The maximum Gasteiger partial charge on any atom is 0.136 e. The second kappa shape index (κ2) is 10.8. The van der Waals surface area contributed by atoms with Gasteiger partial charge in [-0.2, -0.15) is 0 Å². The smallest absolute Gasteiger partial charge is 0.136 e. The second-order valence-electron chi connectivity index (χ2n) is 11.8. The standard InChI is InChI=1S/C44H29NO/c1-2-12-31(13-3-1)38-16-6-8-19-42(38)45(36-26-21-30-11-4-5-14-33(30)27-36)35-24-22-32(23-25-35)37-18-10-15-34-28-41-39-17-7-9-20-43(39)46-44(41)29-40(34)37/h1-29H. The molecular weight excluding hydrogens is 558 g/mol. The Balaban J connectivity index is 1.19. The minimum absolute atomic E-state index is 0.915. The molecule has 0 aliphatic rings. The molecule has 0 saturated heterocycles. The first kappa shape index (κ1) is 26.3. The van der Waals surface area contributed by atoms with Crippen LogP contribution < -0.4 is 4.90 Å². The van der Waals surface area contributed by atoms with Crippen LogP contribution in [0.3, 0.4) is 0 Å². The van der Waals surface area contributed by atoms with Crippen molar-refractivity contribution in [2.45, 2.75) is 0 Å². The fourth-order valence-electron chi connectivity index (χ4n) is 6.81. The van der Waals surface area contributed by atoms with Crippen LogP contribution >= 0.6 is 0 Å². The summed E-state index contributed by atoms with van der Waals surface area (Å²) in [6, 6.07) is 62.8. The summed E-state index contributed by atoms with van der Waals surface area (Å²) in [7, 11) is 0. The predicted molar refractivity (Wildman–Crippen MR) is 194 cm³/mol. The third-order valence-electron chi connectivity index (χ3n) is 9.04. The molecule has 0 unspecified atom stereocenters. The van der Waals surface area contributed by atoms with Gasteiger partial charge in [0.15, 0.2) is 0 Å². The van der Waals surface area contributed by atoms with Crippen molar-refractivity contribution in [2.24, 2.45) is 0 Å². The van der Waals surface area contributed by atoms with Crippen LogP contribution in [-0.2, 0) is 0 Å². The van der Waals surface area contributed by atoms with E-state index in [0.717, 1.165) is 39.0 Å². The molecule has 9 rings (SSSR count). The maximum atomic E-state index is 6.27. The predicted octanol–water partition coefficient (Wildman–Crippen LogP) is 12.7. The molecular formula is C44H29NO. The highest BCUT2D eigenvalue weighted by molar-refractivity contribution is 6.12. The Labute approximate surface area is 267 Å². The first-order valence-corrected chi connectivity index (χ1v) is 15.7. The Morgan fingerprint density at radius 3 is 1.91 bits per heavy atom. The molecule has 0 fully saturated rings. The van der Waals surface area contributed by atoms with Gasteiger partial charge < -0.3 is 9.32 Å². The Bertz CT molecular complexity index is 2530. The molecule has 2 heteroatoms. The molecule has 8 aromatic carbocycles. The number of hydrogen-bond donors (Lipinski definition) is 0. The van der Waals surface area contributed by atoms with Gasteiger partial charge >= 0.3 is 0 Å². The molecule has 9 aromatic rings. The van der Waals surface area contributed by atoms with Crippen molar-refractivity contribution in [2.75, 3.05) is 4.90 Å². The summed E-state index contributed by atoms with van der Waals surface area (Å²) in [6.45, 7) is 0. The monoisotopic (exact) mass is 587 g/mol. The van der Waals surface area contributed by atoms with Crippen molar-refractivity contribution in [3.63, 3.8) is 0 Å². The minimum Gasteiger partial charge on any atom is -0.456 e. The van der Waals surface area contributed by atoms with E-state index in [1.807, 2.05) is 12.1 Å². The van der Waals surface area contributed by atoms with Gasteiger partial charge in [0.05, 0.1) is 5.69 Å². The van der Waals surface area contributed by atoms with Crippen molar-refractivity contribution in [1.82, 2.24) is 0 Å². The third-order valence-corrected chi connectivity index (χ3v) is 9.04. The van der Waals surface area contributed by atoms with Crippen LogP contribution in [0.4, 0.5) is 17.1 Å². The number of anilines is 3. The number of fused-ring (bicyclic) bond motifs is 5. The van der Waals surface area contributed by atoms with Gasteiger partial charge in [-0.15, -0.1) is 0 Å². The van der Waals surface area contributed by atoms with Crippen molar-refractivity contribution < 1.29 is 4.42 Å². The summed E-state index contributed by atoms with van der Waals surface area (Å²) in [5, 5.41) is 7.13. The largest absolute Gasteiger partial charge is 0.456 e. The van der Waals surface area contributed by atoms with Crippen molar-refractivity contribution in [3.8, 4) is 22.3 Å². The summed E-state index contributed by atoms with van der Waals surface area (Å²) in [6.07, 6.45) is 0. The molecule has 0 aliphatic heterocycles. The summed E-state index contributed by atoms with van der Waals surface area (Å²) in [5.41, 5.74) is 9.91. The van der Waals surface area contributed by atoms with Crippen molar-refractivity contribution in [1.29, 1.82) is 0 Å². The van der Waals surface area contributed by atoms with Crippen LogP contribution in [0.1, 0.15) is 0 Å². The molecule has 0 spiro atoms. The molecule has 1 aromatic heterocycles. The minimum atomic E-state index is 0.915. The molecule has 0 atom stereocenters. The number of nitrogens with zero attached hydrogens (tertiary/aromatic N) is 1. The quantitative estimate of drug-likeness (QED) is 0.199. The Hall–Kier alpha value is -6.12. The average Bonchev–Trinajstić information content (AvgIpc) is 3.49. The van der Waals surface area contributed by atoms with Gasteiger partial charge in [0, 0.05) is 27.7 Å². The van der Waals surface area contributed by atoms with E-state index in [1.54, 1.807) is 0 Å². The van der Waals surface area contributed by atoms with E-state index in [4.69, 9.17) is 4.42 Å². The summed E-state index contributed by atoms with van der Waals surface area (Å²) >= 11 is 0. The summed E-state index contributed by atoms with van der Waals surface area (Å²) in [5.74, 6) is 0. The number of para-hydroxylation sites is 2. The molecule has 2 nitrogen and oxygen atoms in total. The molecule has 0 bridgehead atoms. The number of furan rings is 1. The molecule has 0 aliphatic carbocycles. The van der Waals surface area contributed by atoms with Gasteiger partial charge in [-0.3, -0.25) is 0 Å². The lowest BCUT2D eigenvalue weighted by atomic mass is 9.96. The Morgan fingerprint density at radius 1 is 0.348 bits per heavy atom. The van der Waals surface area contributed by atoms with Gasteiger partial charge in [0.2, 0.25) is 0 Å². The van der Waals surface area contributed by atoms with Gasteiger partial charge in [0.25, 0.3) is 0 Å². The molecule has 0 N–H and O–H groups in total. The summed E-state index contributed by atoms with van der Waals surface area (Å²) in [4.78, 5) is 2.37. The van der Waals surface area contributed by atoms with E-state index in [-0.39, 0.29) is 0 Å². The van der Waals surface area contributed by atoms with Gasteiger partial charge in [-0.25, -0.2) is 0 Å². The molecule has 46 heavy (non-hydrogen) atoms. The van der Waals surface area contributed by atoms with Crippen LogP contribution in [0.25, 0.3) is 65.7 Å². The number of rotatable bonds is 5. The van der Waals surface area contributed by atoms with E-state index in [0.29, 0.717) is 0 Å². The highest BCUT2D eigenvalue weighted by Gasteiger charge is 2.18.